The smallest absolute Gasteiger partial charge is 0.277 e. The van der Waals surface area contributed by atoms with E-state index in [1.165, 1.54) is 19.2 Å². The van der Waals surface area contributed by atoms with Crippen molar-refractivity contribution in [3.05, 3.63) is 65.6 Å². The van der Waals surface area contributed by atoms with E-state index in [1.54, 1.807) is 19.2 Å². The van der Waals surface area contributed by atoms with Gasteiger partial charge in [-0.2, -0.15) is 0 Å². The van der Waals surface area contributed by atoms with Crippen LogP contribution in [-0.2, 0) is 9.59 Å². The first kappa shape index (κ1) is 19.0. The van der Waals surface area contributed by atoms with Crippen LogP contribution in [0, 0.1) is 5.82 Å². The molecule has 150 valence electrons. The van der Waals surface area contributed by atoms with Crippen molar-refractivity contribution in [3.8, 4) is 5.75 Å². The Labute approximate surface area is 168 Å². The van der Waals surface area contributed by atoms with Gasteiger partial charge in [0.1, 0.15) is 17.3 Å². The van der Waals surface area contributed by atoms with Crippen molar-refractivity contribution in [2.45, 2.75) is 0 Å². The van der Waals surface area contributed by atoms with Gasteiger partial charge in [-0.1, -0.05) is 24.3 Å². The lowest BCUT2D eigenvalue weighted by Gasteiger charge is -2.38. The normalized spacial score (nSPS) is 17.4. The molecule has 2 aliphatic rings. The molecule has 0 radical (unpaired) electrons. The van der Waals surface area contributed by atoms with Crippen molar-refractivity contribution in [3.63, 3.8) is 0 Å². The third kappa shape index (κ3) is 3.33. The summed E-state index contributed by atoms with van der Waals surface area (Å²) in [7, 11) is 3.12. The zero-order valence-corrected chi connectivity index (χ0v) is 16.4. The summed E-state index contributed by atoms with van der Waals surface area (Å²) in [4.78, 5) is 30.8. The molecule has 2 aliphatic heterocycles. The van der Waals surface area contributed by atoms with Crippen molar-refractivity contribution in [2.75, 3.05) is 45.2 Å². The SMILES string of the molecule is COc1ccccc1N1CCN(C2=C(c3ccc(F)cc3)C(=O)N(C)C2=O)CC1. The summed E-state index contributed by atoms with van der Waals surface area (Å²) in [6.07, 6.45) is 0. The fourth-order valence-electron chi connectivity index (χ4n) is 3.86. The number of methoxy groups -OCH3 is 1. The fraction of sp³-hybridized carbons (Fsp3) is 0.273. The third-order valence-electron chi connectivity index (χ3n) is 5.42. The molecule has 4 rings (SSSR count). The second-order valence-electron chi connectivity index (χ2n) is 7.05. The lowest BCUT2D eigenvalue weighted by atomic mass is 10.0. The van der Waals surface area contributed by atoms with Crippen molar-refractivity contribution < 1.29 is 18.7 Å². The molecule has 0 spiro atoms. The number of anilines is 1. The van der Waals surface area contributed by atoms with E-state index in [0.29, 0.717) is 43.0 Å². The van der Waals surface area contributed by atoms with E-state index >= 15 is 0 Å². The molecule has 1 saturated heterocycles. The Morgan fingerprint density at radius 3 is 2.14 bits per heavy atom. The maximum absolute atomic E-state index is 13.3. The molecular weight excluding hydrogens is 373 g/mol. The molecule has 0 unspecified atom stereocenters. The molecule has 0 N–H and O–H groups in total. The Morgan fingerprint density at radius 2 is 1.48 bits per heavy atom. The maximum Gasteiger partial charge on any atom is 0.277 e. The van der Waals surface area contributed by atoms with Gasteiger partial charge in [0.15, 0.2) is 0 Å². The zero-order chi connectivity index (χ0) is 20.5. The number of carbonyl (C=O) groups is 2. The van der Waals surface area contributed by atoms with Crippen molar-refractivity contribution in [1.82, 2.24) is 9.80 Å². The number of benzene rings is 2. The summed E-state index contributed by atoms with van der Waals surface area (Å²) in [6, 6.07) is 13.5. The number of rotatable bonds is 4. The van der Waals surface area contributed by atoms with Crippen LogP contribution >= 0.6 is 0 Å². The summed E-state index contributed by atoms with van der Waals surface area (Å²) in [6.45, 7) is 2.55. The van der Waals surface area contributed by atoms with Gasteiger partial charge in [-0.15, -0.1) is 0 Å². The summed E-state index contributed by atoms with van der Waals surface area (Å²) >= 11 is 0. The zero-order valence-electron chi connectivity index (χ0n) is 16.4. The molecule has 1 fully saturated rings. The van der Waals surface area contributed by atoms with Gasteiger partial charge in [0.25, 0.3) is 11.8 Å². The van der Waals surface area contributed by atoms with Gasteiger partial charge in [0.2, 0.25) is 0 Å². The summed E-state index contributed by atoms with van der Waals surface area (Å²) < 4.78 is 18.8. The Bertz CT molecular complexity index is 979. The van der Waals surface area contributed by atoms with Gasteiger partial charge in [0, 0.05) is 33.2 Å². The number of para-hydroxylation sites is 2. The second-order valence-corrected chi connectivity index (χ2v) is 7.05. The monoisotopic (exact) mass is 395 g/mol. The number of halogens is 1. The Balaban J connectivity index is 1.62. The molecule has 2 aromatic carbocycles. The topological polar surface area (TPSA) is 53.1 Å². The van der Waals surface area contributed by atoms with Gasteiger partial charge in [0.05, 0.1) is 18.4 Å². The molecule has 0 bridgehead atoms. The number of carbonyl (C=O) groups excluding carboxylic acids is 2. The minimum atomic E-state index is -0.383. The minimum Gasteiger partial charge on any atom is -0.495 e. The number of amides is 2. The van der Waals surface area contributed by atoms with E-state index in [-0.39, 0.29) is 17.6 Å². The number of ether oxygens (including phenoxy) is 1. The van der Waals surface area contributed by atoms with E-state index < -0.39 is 0 Å². The molecule has 6 nitrogen and oxygen atoms in total. The number of likely N-dealkylation sites (N-methyl/N-ethyl adjacent to an activating group) is 1. The maximum atomic E-state index is 13.3. The molecular formula is C22H22FN3O3. The molecule has 0 atom stereocenters. The van der Waals surface area contributed by atoms with Gasteiger partial charge < -0.3 is 14.5 Å². The lowest BCUT2D eigenvalue weighted by molar-refractivity contribution is -0.135. The Hall–Kier alpha value is -3.35. The summed E-state index contributed by atoms with van der Waals surface area (Å²) in [5.41, 5.74) is 2.29. The van der Waals surface area contributed by atoms with E-state index in [1.807, 2.05) is 29.2 Å². The molecule has 0 aliphatic carbocycles. The first-order valence-corrected chi connectivity index (χ1v) is 9.46. The second kappa shape index (κ2) is 7.58. The minimum absolute atomic E-state index is 0.319. The Morgan fingerprint density at radius 1 is 0.862 bits per heavy atom. The van der Waals surface area contributed by atoms with E-state index in [2.05, 4.69) is 4.90 Å². The largest absolute Gasteiger partial charge is 0.495 e. The Kier molecular flexibility index (Phi) is 4.96. The van der Waals surface area contributed by atoms with Crippen molar-refractivity contribution in [2.24, 2.45) is 0 Å². The highest BCUT2D eigenvalue weighted by Gasteiger charge is 2.40. The predicted octanol–water partition coefficient (Wildman–Crippen LogP) is 2.37. The van der Waals surface area contributed by atoms with Crippen molar-refractivity contribution >= 4 is 23.1 Å². The quantitative estimate of drug-likeness (QED) is 0.744. The first-order chi connectivity index (χ1) is 14.0. The van der Waals surface area contributed by atoms with Crippen LogP contribution in [0.15, 0.2) is 54.2 Å². The van der Waals surface area contributed by atoms with E-state index in [0.717, 1.165) is 16.3 Å². The van der Waals surface area contributed by atoms with Gasteiger partial charge in [-0.3, -0.25) is 14.5 Å². The van der Waals surface area contributed by atoms with Crippen LogP contribution in [-0.4, -0.2) is 62.0 Å². The average Bonchev–Trinajstić information content (AvgIpc) is 2.98. The lowest BCUT2D eigenvalue weighted by Crippen LogP contribution is -2.47. The standard InChI is InChI=1S/C22H22FN3O3/c1-24-21(27)19(15-7-9-16(23)10-8-15)20(22(24)28)26-13-11-25(12-14-26)17-5-3-4-6-18(17)29-2/h3-10H,11-14H2,1-2H3. The molecule has 2 amide bonds. The summed E-state index contributed by atoms with van der Waals surface area (Å²) in [5.74, 6) is -0.255. The molecule has 2 heterocycles. The molecule has 7 heteroatoms. The average molecular weight is 395 g/mol. The highest BCUT2D eigenvalue weighted by Crippen LogP contribution is 2.33. The molecule has 0 saturated carbocycles. The number of hydrogen-bond donors (Lipinski definition) is 0. The highest BCUT2D eigenvalue weighted by atomic mass is 19.1. The van der Waals surface area contributed by atoms with Gasteiger partial charge >= 0.3 is 0 Å². The van der Waals surface area contributed by atoms with Crippen molar-refractivity contribution in [1.29, 1.82) is 0 Å². The van der Waals surface area contributed by atoms with Gasteiger partial charge in [-0.05, 0) is 29.8 Å². The number of imide groups is 1. The predicted molar refractivity (Wildman–Crippen MR) is 108 cm³/mol. The van der Waals surface area contributed by atoms with Crippen LogP contribution in [0.25, 0.3) is 5.57 Å². The fourth-order valence-corrected chi connectivity index (χ4v) is 3.86. The van der Waals surface area contributed by atoms with Crippen LogP contribution in [0.1, 0.15) is 5.56 Å². The number of nitrogens with zero attached hydrogens (tertiary/aromatic N) is 3. The molecule has 2 aromatic rings. The molecule has 0 aromatic heterocycles. The molecule has 29 heavy (non-hydrogen) atoms. The number of hydrogen-bond acceptors (Lipinski definition) is 5. The van der Waals surface area contributed by atoms with E-state index in [4.69, 9.17) is 4.74 Å². The summed E-state index contributed by atoms with van der Waals surface area (Å²) in [5, 5.41) is 0. The van der Waals surface area contributed by atoms with Crippen LogP contribution < -0.4 is 9.64 Å². The van der Waals surface area contributed by atoms with E-state index in [9.17, 15) is 14.0 Å². The van der Waals surface area contributed by atoms with Crippen LogP contribution in [0.2, 0.25) is 0 Å². The first-order valence-electron chi connectivity index (χ1n) is 9.46. The van der Waals surface area contributed by atoms with Crippen LogP contribution in [0.5, 0.6) is 5.75 Å². The van der Waals surface area contributed by atoms with Crippen LogP contribution in [0.4, 0.5) is 10.1 Å². The van der Waals surface area contributed by atoms with Gasteiger partial charge in [-0.25, -0.2) is 4.39 Å². The third-order valence-corrected chi connectivity index (χ3v) is 5.42. The highest BCUT2D eigenvalue weighted by molar-refractivity contribution is 6.35. The van der Waals surface area contributed by atoms with Crippen LogP contribution in [0.3, 0.4) is 0 Å². The number of piperazine rings is 1.